The van der Waals surface area contributed by atoms with Crippen LogP contribution in [-0.4, -0.2) is 0 Å². The summed E-state index contributed by atoms with van der Waals surface area (Å²) in [4.78, 5) is 0. The Bertz CT molecular complexity index is 845. The van der Waals surface area contributed by atoms with E-state index in [-0.39, 0.29) is 61.8 Å². The van der Waals surface area contributed by atoms with Gasteiger partial charge in [-0.15, -0.1) is 17.5 Å². The topological polar surface area (TPSA) is 0 Å². The van der Waals surface area contributed by atoms with Crippen molar-refractivity contribution < 1.29 is 51.0 Å². The molecule has 30 heavy (non-hydrogen) atoms. The van der Waals surface area contributed by atoms with E-state index >= 15 is 0 Å². The van der Waals surface area contributed by atoms with Crippen LogP contribution in [0.2, 0.25) is 0 Å². The maximum atomic E-state index is 3.67. The van der Waals surface area contributed by atoms with Gasteiger partial charge in [-0.05, 0) is 28.4 Å². The summed E-state index contributed by atoms with van der Waals surface area (Å²) in [6, 6.07) is 15.2. The summed E-state index contributed by atoms with van der Waals surface area (Å²) in [5.74, 6) is 0. The number of allylic oxidation sites excluding steroid dienone is 4. The van der Waals surface area contributed by atoms with Crippen LogP contribution >= 0.6 is 0 Å². The SMILES string of the molecule is CC(C)(C)c1[c-]c2c(cc1)-c1ccc(C(C)(C)C)cc1C2.CC1=[C-]CC=C1.[Cl-].[Cl-].[Zr+4]. The molecule has 3 heteroatoms. The van der Waals surface area contributed by atoms with E-state index in [4.69, 9.17) is 0 Å². The van der Waals surface area contributed by atoms with Gasteiger partial charge in [-0.2, -0.15) is 29.8 Å². The Hall–Kier alpha value is -0.617. The van der Waals surface area contributed by atoms with Gasteiger partial charge in [0.25, 0.3) is 0 Å². The van der Waals surface area contributed by atoms with Crippen LogP contribution < -0.4 is 24.8 Å². The van der Waals surface area contributed by atoms with Crippen LogP contribution in [0.3, 0.4) is 0 Å². The van der Waals surface area contributed by atoms with Crippen LogP contribution in [0.1, 0.15) is 77.1 Å². The predicted octanol–water partition coefficient (Wildman–Crippen LogP) is 1.35. The second-order valence-corrected chi connectivity index (χ2v) is 9.78. The molecule has 0 N–H and O–H groups in total. The maximum absolute atomic E-state index is 3.67. The van der Waals surface area contributed by atoms with E-state index in [0.29, 0.717) is 0 Å². The third kappa shape index (κ3) is 6.95. The first-order valence-electron chi connectivity index (χ1n) is 9.99. The molecule has 0 aromatic heterocycles. The van der Waals surface area contributed by atoms with Crippen LogP contribution in [0.5, 0.6) is 0 Å². The molecule has 2 aliphatic carbocycles. The van der Waals surface area contributed by atoms with E-state index in [9.17, 15) is 0 Å². The van der Waals surface area contributed by atoms with Gasteiger partial charge in [-0.1, -0.05) is 72.2 Å². The number of rotatable bonds is 0. The van der Waals surface area contributed by atoms with Gasteiger partial charge >= 0.3 is 26.2 Å². The van der Waals surface area contributed by atoms with Crippen molar-refractivity contribution in [1.29, 1.82) is 0 Å². The van der Waals surface area contributed by atoms with Gasteiger partial charge in [-0.25, -0.2) is 11.6 Å². The minimum absolute atomic E-state index is 0. The summed E-state index contributed by atoms with van der Waals surface area (Å²) >= 11 is 0. The van der Waals surface area contributed by atoms with Gasteiger partial charge in [0.1, 0.15) is 0 Å². The molecule has 0 saturated carbocycles. The molecule has 4 rings (SSSR count). The first kappa shape index (κ1) is 29.4. The van der Waals surface area contributed by atoms with E-state index in [1.165, 1.54) is 39.0 Å². The zero-order valence-electron chi connectivity index (χ0n) is 19.2. The van der Waals surface area contributed by atoms with Gasteiger partial charge in [0.2, 0.25) is 0 Å². The van der Waals surface area contributed by atoms with E-state index in [2.05, 4.69) is 103 Å². The molecule has 2 aliphatic rings. The Morgan fingerprint density at radius 2 is 1.47 bits per heavy atom. The first-order chi connectivity index (χ1) is 12.6. The minimum atomic E-state index is 0. The summed E-state index contributed by atoms with van der Waals surface area (Å²) in [6.07, 6.45) is 9.36. The molecule has 2 aromatic rings. The molecule has 0 aliphatic heterocycles. The average Bonchev–Trinajstić information content (AvgIpc) is 3.18. The van der Waals surface area contributed by atoms with E-state index in [1.807, 2.05) is 0 Å². The monoisotopic (exact) mass is 516 g/mol. The van der Waals surface area contributed by atoms with E-state index < -0.39 is 0 Å². The minimum Gasteiger partial charge on any atom is -1.00 e. The Labute approximate surface area is 215 Å². The molecule has 0 atom stereocenters. The molecule has 0 saturated heterocycles. The molecule has 0 amide bonds. The Morgan fingerprint density at radius 1 is 0.833 bits per heavy atom. The molecule has 2 aromatic carbocycles. The van der Waals surface area contributed by atoms with Crippen LogP contribution in [-0.2, 0) is 43.5 Å². The number of hydrogen-bond donors (Lipinski definition) is 0. The van der Waals surface area contributed by atoms with E-state index in [0.717, 1.165) is 12.8 Å². The van der Waals surface area contributed by atoms with Crippen LogP contribution in [0, 0.1) is 12.1 Å². The molecule has 0 spiro atoms. The predicted molar refractivity (Wildman–Crippen MR) is 117 cm³/mol. The second kappa shape index (κ2) is 11.3. The molecular weight excluding hydrogens is 486 g/mol. The van der Waals surface area contributed by atoms with Crippen LogP contribution in [0.25, 0.3) is 11.1 Å². The van der Waals surface area contributed by atoms with Crippen molar-refractivity contribution in [2.45, 2.75) is 72.1 Å². The summed E-state index contributed by atoms with van der Waals surface area (Å²) in [7, 11) is 0. The molecule has 0 unspecified atom stereocenters. The van der Waals surface area contributed by atoms with Gasteiger partial charge in [0, 0.05) is 0 Å². The summed E-state index contributed by atoms with van der Waals surface area (Å²) in [6.45, 7) is 15.7. The van der Waals surface area contributed by atoms with Crippen molar-refractivity contribution in [3.8, 4) is 11.1 Å². The fourth-order valence-electron chi connectivity index (χ4n) is 3.54. The third-order valence-electron chi connectivity index (χ3n) is 5.33. The molecule has 158 valence electrons. The Balaban J connectivity index is 0.000000814. The Kier molecular flexibility index (Phi) is 11.1. The number of fused-ring (bicyclic) bond motifs is 3. The number of benzene rings is 2. The van der Waals surface area contributed by atoms with Crippen molar-refractivity contribution in [1.82, 2.24) is 0 Å². The summed E-state index contributed by atoms with van der Waals surface area (Å²) in [5.41, 5.74) is 9.98. The fourth-order valence-corrected chi connectivity index (χ4v) is 3.54. The number of hydrogen-bond acceptors (Lipinski definition) is 0. The fraction of sp³-hybridized carbons (Fsp3) is 0.407. The molecular formula is C27H32Cl2Zr. The van der Waals surface area contributed by atoms with Crippen LogP contribution in [0.15, 0.2) is 48.1 Å². The van der Waals surface area contributed by atoms with Gasteiger partial charge in [0.05, 0.1) is 0 Å². The third-order valence-corrected chi connectivity index (χ3v) is 5.33. The van der Waals surface area contributed by atoms with Crippen molar-refractivity contribution >= 4 is 0 Å². The molecule has 0 nitrogen and oxygen atoms in total. The number of halogens is 2. The van der Waals surface area contributed by atoms with Crippen LogP contribution in [0.4, 0.5) is 0 Å². The van der Waals surface area contributed by atoms with E-state index in [1.54, 1.807) is 0 Å². The Morgan fingerprint density at radius 3 is 1.93 bits per heavy atom. The first-order valence-corrected chi connectivity index (χ1v) is 9.99. The van der Waals surface area contributed by atoms with Gasteiger partial charge < -0.3 is 24.8 Å². The largest absolute Gasteiger partial charge is 4.00 e. The normalized spacial score (nSPS) is 13.5. The zero-order valence-corrected chi connectivity index (χ0v) is 23.2. The standard InChI is InChI=1S/C21H25.C6H7.2ClH.Zr/c1-20(2,3)16-7-9-18-14(12-16)11-15-13-17(21(4,5)6)8-10-19(15)18;1-6-4-2-3-5-6;;;/h7-10,12H,11H2,1-6H3;2,4H,3H2,1H3;2*1H;/q2*-1;;;+4/p-2. The molecule has 0 fully saturated rings. The maximum Gasteiger partial charge on any atom is 4.00 e. The average molecular weight is 519 g/mol. The molecule has 0 bridgehead atoms. The zero-order chi connectivity index (χ0) is 19.8. The molecule has 0 radical (unpaired) electrons. The quantitative estimate of drug-likeness (QED) is 0.395. The van der Waals surface area contributed by atoms with Gasteiger partial charge in [-0.3, -0.25) is 6.08 Å². The van der Waals surface area contributed by atoms with Crippen molar-refractivity contribution in [3.05, 3.63) is 82.5 Å². The van der Waals surface area contributed by atoms with Crippen molar-refractivity contribution in [2.75, 3.05) is 0 Å². The summed E-state index contributed by atoms with van der Waals surface area (Å²) in [5, 5.41) is 0. The van der Waals surface area contributed by atoms with Crippen molar-refractivity contribution in [2.24, 2.45) is 0 Å². The smallest absolute Gasteiger partial charge is 1.00 e. The summed E-state index contributed by atoms with van der Waals surface area (Å²) < 4.78 is 0. The van der Waals surface area contributed by atoms with Gasteiger partial charge in [0.15, 0.2) is 0 Å². The van der Waals surface area contributed by atoms with Crippen molar-refractivity contribution in [3.63, 3.8) is 0 Å². The second-order valence-electron chi connectivity index (χ2n) is 9.78. The molecule has 0 heterocycles.